The van der Waals surface area contributed by atoms with Crippen LogP contribution in [0.25, 0.3) is 0 Å². The van der Waals surface area contributed by atoms with Crippen LogP contribution in [0.15, 0.2) is 23.1 Å². The molecule has 17 heavy (non-hydrogen) atoms. The fraction of sp³-hybridized carbons (Fsp3) is 0.333. The Morgan fingerprint density at radius 3 is 3.00 bits per heavy atom. The molecule has 5 heteroatoms. The average Bonchev–Trinajstić information content (AvgIpc) is 3.14. The number of hydrogen-bond donors (Lipinski definition) is 1. The van der Waals surface area contributed by atoms with Gasteiger partial charge in [-0.3, -0.25) is 4.79 Å². The highest BCUT2D eigenvalue weighted by Gasteiger charge is 2.29. The van der Waals surface area contributed by atoms with Crippen molar-refractivity contribution in [2.45, 2.75) is 24.3 Å². The number of nitrogens with one attached hydrogen (secondary N) is 1. The quantitative estimate of drug-likeness (QED) is 0.673. The molecule has 0 atom stereocenters. The first kappa shape index (κ1) is 12.3. The third-order valence-electron chi connectivity index (χ3n) is 2.57. The van der Waals surface area contributed by atoms with E-state index in [2.05, 4.69) is 5.32 Å². The molecule has 1 fully saturated rings. The summed E-state index contributed by atoms with van der Waals surface area (Å²) in [7, 11) is 0. The lowest BCUT2D eigenvalue weighted by Gasteiger charge is -2.06. The van der Waals surface area contributed by atoms with E-state index in [0.717, 1.165) is 35.1 Å². The van der Waals surface area contributed by atoms with Crippen LogP contribution < -0.4 is 5.32 Å². The summed E-state index contributed by atoms with van der Waals surface area (Å²) in [5.41, 5.74) is 0.959. The lowest BCUT2D eigenvalue weighted by molar-refractivity contribution is -0.122. The molecule has 0 heterocycles. The average molecular weight is 267 g/mol. The van der Waals surface area contributed by atoms with Gasteiger partial charge in [-0.15, -0.1) is 0 Å². The van der Waals surface area contributed by atoms with Crippen LogP contribution in [0.1, 0.15) is 18.4 Å². The van der Waals surface area contributed by atoms with Crippen molar-refractivity contribution in [3.05, 3.63) is 28.8 Å². The summed E-state index contributed by atoms with van der Waals surface area (Å²) >= 11 is 6.97. The molecule has 1 aromatic carbocycles. The number of hydrogen-bond acceptors (Lipinski definition) is 3. The Kier molecular flexibility index (Phi) is 3.93. The van der Waals surface area contributed by atoms with E-state index in [1.807, 2.05) is 17.5 Å². The molecule has 0 aromatic heterocycles. The second kappa shape index (κ2) is 5.44. The second-order valence-corrected chi connectivity index (χ2v) is 5.18. The van der Waals surface area contributed by atoms with Crippen molar-refractivity contribution in [3.8, 4) is 5.40 Å². The van der Waals surface area contributed by atoms with Crippen molar-refractivity contribution in [2.75, 3.05) is 0 Å². The number of thioether (sulfide) groups is 1. The van der Waals surface area contributed by atoms with Gasteiger partial charge in [0.05, 0.1) is 5.02 Å². The SMILES string of the molecule is N#CSc1cc(CNC(=O)C2CC2)ccc1Cl. The van der Waals surface area contributed by atoms with Crippen LogP contribution in [0.3, 0.4) is 0 Å². The predicted molar refractivity (Wildman–Crippen MR) is 67.5 cm³/mol. The molecule has 1 N–H and O–H groups in total. The summed E-state index contributed by atoms with van der Waals surface area (Å²) in [5.74, 6) is 0.338. The molecule has 0 aliphatic heterocycles. The lowest BCUT2D eigenvalue weighted by atomic mass is 10.2. The Labute approximate surface area is 109 Å². The molecule has 1 saturated carbocycles. The smallest absolute Gasteiger partial charge is 0.223 e. The van der Waals surface area contributed by atoms with E-state index in [9.17, 15) is 4.79 Å². The topological polar surface area (TPSA) is 52.9 Å². The summed E-state index contributed by atoms with van der Waals surface area (Å²) < 4.78 is 0. The van der Waals surface area contributed by atoms with Gasteiger partial charge in [0.15, 0.2) is 0 Å². The molecule has 1 amide bonds. The summed E-state index contributed by atoms with van der Waals surface area (Å²) in [6, 6.07) is 5.44. The fourth-order valence-corrected chi connectivity index (χ4v) is 2.17. The Hall–Kier alpha value is -1.18. The van der Waals surface area contributed by atoms with Crippen molar-refractivity contribution in [3.63, 3.8) is 0 Å². The summed E-state index contributed by atoms with van der Waals surface area (Å²) in [5, 5.41) is 14.0. The first-order valence-electron chi connectivity index (χ1n) is 5.33. The normalized spacial score (nSPS) is 14.1. The van der Waals surface area contributed by atoms with E-state index >= 15 is 0 Å². The summed E-state index contributed by atoms with van der Waals surface area (Å²) in [6.07, 6.45) is 2.00. The second-order valence-electron chi connectivity index (χ2n) is 3.95. The molecule has 0 bridgehead atoms. The lowest BCUT2D eigenvalue weighted by Crippen LogP contribution is -2.24. The number of carbonyl (C=O) groups excluding carboxylic acids is 1. The number of nitrogens with zero attached hydrogens (tertiary/aromatic N) is 1. The minimum Gasteiger partial charge on any atom is -0.352 e. The van der Waals surface area contributed by atoms with Gasteiger partial charge in [-0.1, -0.05) is 17.7 Å². The highest BCUT2D eigenvalue weighted by Crippen LogP contribution is 2.29. The third-order valence-corrected chi connectivity index (χ3v) is 3.66. The van der Waals surface area contributed by atoms with E-state index in [1.54, 1.807) is 6.07 Å². The Morgan fingerprint density at radius 2 is 2.35 bits per heavy atom. The number of nitriles is 1. The standard InChI is InChI=1S/C12H11ClN2OS/c13-10-4-1-8(5-11(10)17-7-14)6-15-12(16)9-2-3-9/h1,4-5,9H,2-3,6H2,(H,15,16). The minimum absolute atomic E-state index is 0.120. The molecule has 0 spiro atoms. The van der Waals surface area contributed by atoms with Gasteiger partial charge in [-0.25, -0.2) is 0 Å². The van der Waals surface area contributed by atoms with E-state index in [4.69, 9.17) is 16.9 Å². The predicted octanol–water partition coefficient (Wildman–Crippen LogP) is 2.94. The number of halogens is 1. The maximum atomic E-state index is 11.5. The minimum atomic E-state index is 0.120. The molecular formula is C12H11ClN2OS. The Balaban J connectivity index is 1.98. The van der Waals surface area contributed by atoms with Gasteiger partial charge in [-0.2, -0.15) is 5.26 Å². The van der Waals surface area contributed by atoms with Gasteiger partial charge < -0.3 is 5.32 Å². The third kappa shape index (κ3) is 3.39. The number of amides is 1. The zero-order valence-electron chi connectivity index (χ0n) is 9.07. The molecule has 0 radical (unpaired) electrons. The van der Waals surface area contributed by atoms with Crippen LogP contribution in [-0.2, 0) is 11.3 Å². The van der Waals surface area contributed by atoms with E-state index in [-0.39, 0.29) is 11.8 Å². The molecule has 0 unspecified atom stereocenters. The van der Waals surface area contributed by atoms with Crippen LogP contribution in [0.5, 0.6) is 0 Å². The van der Waals surface area contributed by atoms with Crippen LogP contribution >= 0.6 is 23.4 Å². The van der Waals surface area contributed by atoms with Crippen molar-refractivity contribution in [1.82, 2.24) is 5.32 Å². The Bertz CT molecular complexity index is 480. The summed E-state index contributed by atoms with van der Waals surface area (Å²) in [4.78, 5) is 12.2. The number of carbonyl (C=O) groups is 1. The van der Waals surface area contributed by atoms with E-state index in [1.165, 1.54) is 0 Å². The molecular weight excluding hydrogens is 256 g/mol. The number of rotatable bonds is 4. The number of benzene rings is 1. The zero-order chi connectivity index (χ0) is 12.3. The van der Waals surface area contributed by atoms with Crippen LogP contribution in [-0.4, -0.2) is 5.91 Å². The zero-order valence-corrected chi connectivity index (χ0v) is 10.6. The first-order valence-corrected chi connectivity index (χ1v) is 6.52. The van der Waals surface area contributed by atoms with Crippen molar-refractivity contribution in [1.29, 1.82) is 5.26 Å². The molecule has 0 saturated heterocycles. The molecule has 88 valence electrons. The largest absolute Gasteiger partial charge is 0.352 e. The highest BCUT2D eigenvalue weighted by molar-refractivity contribution is 8.03. The van der Waals surface area contributed by atoms with Gasteiger partial charge in [-0.05, 0) is 42.3 Å². The van der Waals surface area contributed by atoms with E-state index in [0.29, 0.717) is 11.6 Å². The maximum Gasteiger partial charge on any atom is 0.223 e. The van der Waals surface area contributed by atoms with Crippen LogP contribution in [0.4, 0.5) is 0 Å². The first-order chi connectivity index (χ1) is 8.20. The van der Waals surface area contributed by atoms with Crippen LogP contribution in [0.2, 0.25) is 5.02 Å². The van der Waals surface area contributed by atoms with Gasteiger partial charge in [0.1, 0.15) is 5.40 Å². The monoisotopic (exact) mass is 266 g/mol. The molecule has 1 aromatic rings. The van der Waals surface area contributed by atoms with Crippen molar-refractivity contribution < 1.29 is 4.79 Å². The molecule has 3 nitrogen and oxygen atoms in total. The van der Waals surface area contributed by atoms with Crippen LogP contribution in [0, 0.1) is 16.6 Å². The highest BCUT2D eigenvalue weighted by atomic mass is 35.5. The van der Waals surface area contributed by atoms with E-state index < -0.39 is 0 Å². The van der Waals surface area contributed by atoms with Crippen molar-refractivity contribution in [2.24, 2.45) is 5.92 Å². The van der Waals surface area contributed by atoms with Gasteiger partial charge in [0, 0.05) is 17.4 Å². The van der Waals surface area contributed by atoms with Crippen molar-refractivity contribution >= 4 is 29.3 Å². The molecule has 2 rings (SSSR count). The maximum absolute atomic E-state index is 11.5. The van der Waals surface area contributed by atoms with Gasteiger partial charge in [0.2, 0.25) is 5.91 Å². The Morgan fingerprint density at radius 1 is 1.59 bits per heavy atom. The summed E-state index contributed by atoms with van der Waals surface area (Å²) in [6.45, 7) is 0.492. The van der Waals surface area contributed by atoms with Gasteiger partial charge >= 0.3 is 0 Å². The fourth-order valence-electron chi connectivity index (χ4n) is 1.46. The molecule has 1 aliphatic rings. The molecule has 1 aliphatic carbocycles. The van der Waals surface area contributed by atoms with Gasteiger partial charge in [0.25, 0.3) is 0 Å². The number of thiocyanates is 1.